The third kappa shape index (κ3) is 5.21. The molecule has 1 aliphatic carbocycles. The number of methoxy groups -OCH3 is 1. The van der Waals surface area contributed by atoms with Gasteiger partial charge in [0.25, 0.3) is 11.8 Å². The van der Waals surface area contributed by atoms with Crippen molar-refractivity contribution in [1.82, 2.24) is 0 Å². The molecule has 0 aliphatic heterocycles. The number of ether oxygens (including phenoxy) is 1. The topological polar surface area (TPSA) is 84.5 Å². The molecule has 188 valence electrons. The largest absolute Gasteiger partial charge is 0.465 e. The number of hydrogen-bond donors (Lipinski definition) is 2. The predicted molar refractivity (Wildman–Crippen MR) is 144 cm³/mol. The van der Waals surface area contributed by atoms with Gasteiger partial charge in [-0.2, -0.15) is 0 Å². The van der Waals surface area contributed by atoms with Crippen molar-refractivity contribution in [2.45, 2.75) is 47.0 Å². The van der Waals surface area contributed by atoms with Gasteiger partial charge in [-0.05, 0) is 66.8 Å². The number of rotatable bonds is 5. The molecule has 0 radical (unpaired) electrons. The summed E-state index contributed by atoms with van der Waals surface area (Å²) in [5.41, 5.74) is 3.68. The maximum atomic E-state index is 13.7. The number of thiophene rings is 1. The van der Waals surface area contributed by atoms with Gasteiger partial charge < -0.3 is 15.4 Å². The SMILES string of the molecule is COC(=O)c1ccccc1NC(=O)c1c(NC(=O)c2ccccc2C)sc2c1CC[C@H](C(C)(C)C)C2. The van der Waals surface area contributed by atoms with Gasteiger partial charge in [0.15, 0.2) is 0 Å². The number of hydrogen-bond acceptors (Lipinski definition) is 5. The number of carbonyl (C=O) groups is 3. The monoisotopic (exact) mass is 504 g/mol. The van der Waals surface area contributed by atoms with E-state index < -0.39 is 5.97 Å². The molecule has 1 heterocycles. The van der Waals surface area contributed by atoms with E-state index in [0.717, 1.165) is 35.3 Å². The first kappa shape index (κ1) is 25.6. The van der Waals surface area contributed by atoms with Crippen LogP contribution in [0.3, 0.4) is 0 Å². The van der Waals surface area contributed by atoms with Gasteiger partial charge >= 0.3 is 5.97 Å². The Balaban J connectivity index is 1.72. The Morgan fingerprint density at radius 1 is 0.944 bits per heavy atom. The number of nitrogens with one attached hydrogen (secondary N) is 2. The maximum Gasteiger partial charge on any atom is 0.339 e. The van der Waals surface area contributed by atoms with Gasteiger partial charge in [0.2, 0.25) is 0 Å². The van der Waals surface area contributed by atoms with E-state index >= 15 is 0 Å². The number of amides is 2. The second-order valence-electron chi connectivity index (χ2n) is 10.3. The molecule has 4 rings (SSSR count). The van der Waals surface area contributed by atoms with Crippen molar-refractivity contribution in [3.05, 3.63) is 81.2 Å². The van der Waals surface area contributed by atoms with Gasteiger partial charge in [-0.1, -0.05) is 51.1 Å². The van der Waals surface area contributed by atoms with Crippen molar-refractivity contribution in [3.63, 3.8) is 0 Å². The highest BCUT2D eigenvalue weighted by atomic mass is 32.1. The lowest BCUT2D eigenvalue weighted by atomic mass is 9.72. The molecule has 0 saturated heterocycles. The van der Waals surface area contributed by atoms with Crippen LogP contribution in [0, 0.1) is 18.3 Å². The van der Waals surface area contributed by atoms with Crippen LogP contribution in [0.15, 0.2) is 48.5 Å². The molecule has 2 N–H and O–H groups in total. The lowest BCUT2D eigenvalue weighted by Crippen LogP contribution is -2.27. The van der Waals surface area contributed by atoms with E-state index in [-0.39, 0.29) is 22.8 Å². The summed E-state index contributed by atoms with van der Waals surface area (Å²) in [6, 6.07) is 14.1. The lowest BCUT2D eigenvalue weighted by Gasteiger charge is -2.33. The van der Waals surface area contributed by atoms with Gasteiger partial charge in [0, 0.05) is 10.4 Å². The first-order valence-electron chi connectivity index (χ1n) is 12.1. The van der Waals surface area contributed by atoms with Crippen LogP contribution in [0.2, 0.25) is 0 Å². The van der Waals surface area contributed by atoms with E-state index in [0.29, 0.717) is 27.7 Å². The summed E-state index contributed by atoms with van der Waals surface area (Å²) < 4.78 is 4.87. The van der Waals surface area contributed by atoms with Gasteiger partial charge in [-0.15, -0.1) is 11.3 Å². The number of carbonyl (C=O) groups excluding carboxylic acids is 3. The molecule has 1 aliphatic rings. The normalized spacial score (nSPS) is 15.1. The molecular formula is C29H32N2O4S. The van der Waals surface area contributed by atoms with Gasteiger partial charge in [0.05, 0.1) is 23.9 Å². The predicted octanol–water partition coefficient (Wildman–Crippen LogP) is 6.50. The minimum Gasteiger partial charge on any atom is -0.465 e. The summed E-state index contributed by atoms with van der Waals surface area (Å²) in [7, 11) is 1.31. The molecule has 2 aromatic carbocycles. The van der Waals surface area contributed by atoms with E-state index in [9.17, 15) is 14.4 Å². The Kier molecular flexibility index (Phi) is 7.31. The van der Waals surface area contributed by atoms with Gasteiger partial charge in [-0.3, -0.25) is 9.59 Å². The van der Waals surface area contributed by atoms with E-state index in [4.69, 9.17) is 4.74 Å². The quantitative estimate of drug-likeness (QED) is 0.389. The summed E-state index contributed by atoms with van der Waals surface area (Å²) in [5.74, 6) is -0.639. The van der Waals surface area contributed by atoms with Crippen LogP contribution in [0.1, 0.15) is 74.3 Å². The first-order chi connectivity index (χ1) is 17.1. The Morgan fingerprint density at radius 2 is 1.61 bits per heavy atom. The molecule has 0 unspecified atom stereocenters. The van der Waals surface area contributed by atoms with E-state index in [1.54, 1.807) is 30.3 Å². The summed E-state index contributed by atoms with van der Waals surface area (Å²) >= 11 is 1.48. The molecule has 0 fully saturated rings. The molecule has 0 bridgehead atoms. The van der Waals surface area contributed by atoms with Crippen molar-refractivity contribution in [2.24, 2.45) is 11.3 Å². The van der Waals surface area contributed by atoms with Gasteiger partial charge in [0.1, 0.15) is 5.00 Å². The number of aryl methyl sites for hydroxylation is 1. The van der Waals surface area contributed by atoms with E-state index in [1.807, 2.05) is 25.1 Å². The molecular weight excluding hydrogens is 472 g/mol. The summed E-state index contributed by atoms with van der Waals surface area (Å²) in [4.78, 5) is 40.2. The maximum absolute atomic E-state index is 13.7. The summed E-state index contributed by atoms with van der Waals surface area (Å²) in [6.45, 7) is 8.62. The highest BCUT2D eigenvalue weighted by Gasteiger charge is 2.34. The van der Waals surface area contributed by atoms with Crippen molar-refractivity contribution in [3.8, 4) is 0 Å². The van der Waals surface area contributed by atoms with Crippen LogP contribution in [0.5, 0.6) is 0 Å². The average molecular weight is 505 g/mol. The fraction of sp³-hybridized carbons (Fsp3) is 0.345. The van der Waals surface area contributed by atoms with Crippen molar-refractivity contribution in [1.29, 1.82) is 0 Å². The fourth-order valence-corrected chi connectivity index (χ4v) is 6.04. The van der Waals surface area contributed by atoms with Crippen molar-refractivity contribution in [2.75, 3.05) is 17.7 Å². The summed E-state index contributed by atoms with van der Waals surface area (Å²) in [5, 5.41) is 6.46. The second kappa shape index (κ2) is 10.3. The number of benzene rings is 2. The lowest BCUT2D eigenvalue weighted by molar-refractivity contribution is 0.0601. The molecule has 6 nitrogen and oxygen atoms in total. The molecule has 2 amide bonds. The zero-order chi connectivity index (χ0) is 26.0. The van der Waals surface area contributed by atoms with Crippen LogP contribution in [-0.2, 0) is 17.6 Å². The number of anilines is 2. The van der Waals surface area contributed by atoms with Crippen molar-refractivity contribution < 1.29 is 19.1 Å². The van der Waals surface area contributed by atoms with Crippen molar-refractivity contribution >= 4 is 39.8 Å². The minimum atomic E-state index is -0.528. The molecule has 7 heteroatoms. The molecule has 0 spiro atoms. The van der Waals surface area contributed by atoms with Crippen LogP contribution in [0.25, 0.3) is 0 Å². The number of fused-ring (bicyclic) bond motifs is 1. The molecule has 1 atom stereocenters. The number of para-hydroxylation sites is 1. The molecule has 1 aromatic heterocycles. The number of esters is 1. The Labute approximate surface area is 216 Å². The third-order valence-corrected chi connectivity index (χ3v) is 8.08. The summed E-state index contributed by atoms with van der Waals surface area (Å²) in [6.07, 6.45) is 2.59. The highest BCUT2D eigenvalue weighted by molar-refractivity contribution is 7.17. The Hall–Kier alpha value is -3.45. The molecule has 0 saturated carbocycles. The van der Waals surface area contributed by atoms with Crippen LogP contribution in [-0.4, -0.2) is 24.9 Å². The first-order valence-corrected chi connectivity index (χ1v) is 12.9. The second-order valence-corrected chi connectivity index (χ2v) is 11.4. The van der Waals surface area contributed by atoms with Crippen LogP contribution >= 0.6 is 11.3 Å². The zero-order valence-electron chi connectivity index (χ0n) is 21.4. The highest BCUT2D eigenvalue weighted by Crippen LogP contribution is 2.44. The minimum absolute atomic E-state index is 0.147. The van der Waals surface area contributed by atoms with Crippen LogP contribution in [0.4, 0.5) is 10.7 Å². The van der Waals surface area contributed by atoms with E-state index in [2.05, 4.69) is 31.4 Å². The molecule has 36 heavy (non-hydrogen) atoms. The standard InChI is InChI=1S/C29H32N2O4S/c1-17-10-6-7-11-19(17)25(32)31-27-24(21-15-14-18(29(2,3)4)16-23(21)36-27)26(33)30-22-13-9-8-12-20(22)28(34)35-5/h6-13,18H,14-16H2,1-5H3,(H,30,33)(H,31,32)/t18-/m0/s1. The zero-order valence-corrected chi connectivity index (χ0v) is 22.2. The van der Waals surface area contributed by atoms with Gasteiger partial charge in [-0.25, -0.2) is 4.79 Å². The smallest absolute Gasteiger partial charge is 0.339 e. The fourth-order valence-electron chi connectivity index (χ4n) is 4.72. The Bertz CT molecular complexity index is 1320. The average Bonchev–Trinajstić information content (AvgIpc) is 3.20. The van der Waals surface area contributed by atoms with Crippen LogP contribution < -0.4 is 10.6 Å². The Morgan fingerprint density at radius 3 is 2.28 bits per heavy atom. The van der Waals surface area contributed by atoms with E-state index in [1.165, 1.54) is 18.4 Å². The molecule has 3 aromatic rings. The third-order valence-electron chi connectivity index (χ3n) is 6.91.